The first kappa shape index (κ1) is 16.4. The summed E-state index contributed by atoms with van der Waals surface area (Å²) in [4.78, 5) is 11.0. The molecular weight excluding hydrogens is 284 g/mol. The van der Waals surface area contributed by atoms with Gasteiger partial charge in [0.05, 0.1) is 17.1 Å². The molecule has 0 aromatic heterocycles. The summed E-state index contributed by atoms with van der Waals surface area (Å²) in [5.74, 6) is -1.23. The fraction of sp³-hybridized carbons (Fsp3) is 0.417. The van der Waals surface area contributed by atoms with Crippen LogP contribution >= 0.6 is 0 Å². The molecule has 4 N–H and O–H groups in total. The van der Waals surface area contributed by atoms with Gasteiger partial charge in [0.1, 0.15) is 0 Å². The molecule has 0 amide bonds. The average Bonchev–Trinajstić information content (AvgIpc) is 2.35. The Morgan fingerprint density at radius 3 is 2.65 bits per heavy atom. The van der Waals surface area contributed by atoms with E-state index in [1.807, 2.05) is 13.8 Å². The quantitative estimate of drug-likeness (QED) is 0.687. The summed E-state index contributed by atoms with van der Waals surface area (Å²) < 4.78 is 27.7. The molecule has 7 nitrogen and oxygen atoms in total. The van der Waals surface area contributed by atoms with E-state index in [2.05, 4.69) is 5.32 Å². The van der Waals surface area contributed by atoms with Crippen LogP contribution in [0.2, 0.25) is 0 Å². The number of primary sulfonamides is 1. The number of carbonyl (C=O) groups is 1. The molecule has 0 bridgehead atoms. The van der Waals surface area contributed by atoms with Crippen molar-refractivity contribution >= 4 is 21.7 Å². The van der Waals surface area contributed by atoms with Gasteiger partial charge in [0, 0.05) is 18.3 Å². The normalized spacial score (nSPS) is 12.9. The van der Waals surface area contributed by atoms with E-state index in [-0.39, 0.29) is 16.5 Å². The van der Waals surface area contributed by atoms with E-state index >= 15 is 0 Å². The Morgan fingerprint density at radius 2 is 2.15 bits per heavy atom. The fourth-order valence-electron chi connectivity index (χ4n) is 1.60. The van der Waals surface area contributed by atoms with Gasteiger partial charge < -0.3 is 15.2 Å². The highest BCUT2D eigenvalue weighted by atomic mass is 32.2. The Labute approximate surface area is 117 Å². The molecule has 20 heavy (non-hydrogen) atoms. The Balaban J connectivity index is 3.05. The molecule has 1 atom stereocenters. The number of carboxylic acid groups (broad SMARTS) is 1. The van der Waals surface area contributed by atoms with Crippen molar-refractivity contribution in [1.82, 2.24) is 0 Å². The van der Waals surface area contributed by atoms with Crippen LogP contribution in [-0.4, -0.2) is 38.7 Å². The average molecular weight is 302 g/mol. The van der Waals surface area contributed by atoms with Crippen molar-refractivity contribution in [2.45, 2.75) is 24.8 Å². The monoisotopic (exact) mass is 302 g/mol. The highest BCUT2D eigenvalue weighted by molar-refractivity contribution is 7.89. The van der Waals surface area contributed by atoms with Gasteiger partial charge in [-0.2, -0.15) is 0 Å². The van der Waals surface area contributed by atoms with E-state index in [1.54, 1.807) is 0 Å². The largest absolute Gasteiger partial charge is 0.478 e. The van der Waals surface area contributed by atoms with Crippen LogP contribution in [0, 0.1) is 0 Å². The Kier molecular flexibility index (Phi) is 5.49. The van der Waals surface area contributed by atoms with E-state index in [4.69, 9.17) is 15.0 Å². The zero-order valence-electron chi connectivity index (χ0n) is 11.3. The van der Waals surface area contributed by atoms with Gasteiger partial charge in [0.25, 0.3) is 0 Å². The molecule has 0 saturated carbocycles. The summed E-state index contributed by atoms with van der Waals surface area (Å²) in [5.41, 5.74) is 0.164. The molecule has 0 saturated heterocycles. The van der Waals surface area contributed by atoms with Crippen LogP contribution < -0.4 is 10.5 Å². The maximum atomic E-state index is 11.2. The second-order valence-corrected chi connectivity index (χ2v) is 5.82. The van der Waals surface area contributed by atoms with Crippen molar-refractivity contribution in [1.29, 1.82) is 0 Å². The first-order chi connectivity index (χ1) is 9.25. The summed E-state index contributed by atoms with van der Waals surface area (Å²) in [6.07, 6.45) is 0. The van der Waals surface area contributed by atoms with Crippen molar-refractivity contribution in [2.24, 2.45) is 5.14 Å². The Morgan fingerprint density at radius 1 is 1.50 bits per heavy atom. The molecule has 0 aliphatic rings. The second kappa shape index (κ2) is 6.69. The standard InChI is InChI=1S/C12H18N2O5S/c1-3-19-7-8(2)14-11-5-4-9(20(13,17)18)6-10(11)12(15)16/h4-6,8,14H,3,7H2,1-2H3,(H,15,16)(H2,13,17,18). The maximum Gasteiger partial charge on any atom is 0.337 e. The SMILES string of the molecule is CCOCC(C)Nc1ccc(S(N)(=O)=O)cc1C(=O)O. The summed E-state index contributed by atoms with van der Waals surface area (Å²) in [5, 5.41) is 17.1. The van der Waals surface area contributed by atoms with E-state index < -0.39 is 16.0 Å². The lowest BCUT2D eigenvalue weighted by atomic mass is 10.1. The molecule has 0 heterocycles. The third-order valence-corrected chi connectivity index (χ3v) is 3.43. The summed E-state index contributed by atoms with van der Waals surface area (Å²) in [7, 11) is -3.93. The van der Waals surface area contributed by atoms with Crippen molar-refractivity contribution in [3.63, 3.8) is 0 Å². The van der Waals surface area contributed by atoms with E-state index in [9.17, 15) is 13.2 Å². The van der Waals surface area contributed by atoms with Crippen LogP contribution in [-0.2, 0) is 14.8 Å². The number of sulfonamides is 1. The van der Waals surface area contributed by atoms with E-state index in [0.717, 1.165) is 6.07 Å². The number of nitrogens with one attached hydrogen (secondary N) is 1. The number of benzene rings is 1. The summed E-state index contributed by atoms with van der Waals surface area (Å²) in [6, 6.07) is 3.56. The van der Waals surface area contributed by atoms with E-state index in [1.165, 1.54) is 12.1 Å². The lowest BCUT2D eigenvalue weighted by Gasteiger charge is -2.17. The summed E-state index contributed by atoms with van der Waals surface area (Å²) >= 11 is 0. The molecule has 0 fully saturated rings. The predicted molar refractivity (Wildman–Crippen MR) is 74.4 cm³/mol. The topological polar surface area (TPSA) is 119 Å². The van der Waals surface area contributed by atoms with Gasteiger partial charge >= 0.3 is 5.97 Å². The second-order valence-electron chi connectivity index (χ2n) is 4.26. The Bertz CT molecular complexity index is 586. The van der Waals surface area contributed by atoms with Crippen molar-refractivity contribution < 1.29 is 23.1 Å². The van der Waals surface area contributed by atoms with Gasteiger partial charge in [0.2, 0.25) is 10.0 Å². The molecular formula is C12H18N2O5S. The van der Waals surface area contributed by atoms with Crippen molar-refractivity contribution in [2.75, 3.05) is 18.5 Å². The van der Waals surface area contributed by atoms with Crippen molar-refractivity contribution in [3.8, 4) is 0 Å². The van der Waals surface area contributed by atoms with Gasteiger partial charge in [-0.1, -0.05) is 0 Å². The molecule has 112 valence electrons. The number of hydrogen-bond donors (Lipinski definition) is 3. The van der Waals surface area contributed by atoms with Gasteiger partial charge in [-0.15, -0.1) is 0 Å². The van der Waals surface area contributed by atoms with Crippen LogP contribution in [0.1, 0.15) is 24.2 Å². The molecule has 8 heteroatoms. The number of nitrogens with two attached hydrogens (primary N) is 1. The first-order valence-corrected chi connectivity index (χ1v) is 7.54. The maximum absolute atomic E-state index is 11.2. The molecule has 1 aromatic rings. The number of aromatic carboxylic acids is 1. The fourth-order valence-corrected chi connectivity index (χ4v) is 2.14. The lowest BCUT2D eigenvalue weighted by molar-refractivity contribution is 0.0697. The minimum atomic E-state index is -3.93. The van der Waals surface area contributed by atoms with Crippen LogP contribution in [0.15, 0.2) is 23.1 Å². The van der Waals surface area contributed by atoms with Gasteiger partial charge in [-0.3, -0.25) is 0 Å². The third-order valence-electron chi connectivity index (χ3n) is 2.52. The van der Waals surface area contributed by atoms with Crippen molar-refractivity contribution in [3.05, 3.63) is 23.8 Å². The lowest BCUT2D eigenvalue weighted by Crippen LogP contribution is -2.23. The summed E-state index contributed by atoms with van der Waals surface area (Å²) in [6.45, 7) is 4.65. The predicted octanol–water partition coefficient (Wildman–Crippen LogP) is 0.869. The van der Waals surface area contributed by atoms with Gasteiger partial charge in [-0.25, -0.2) is 18.4 Å². The molecule has 0 spiro atoms. The smallest absolute Gasteiger partial charge is 0.337 e. The van der Waals surface area contributed by atoms with E-state index in [0.29, 0.717) is 18.9 Å². The number of hydrogen-bond acceptors (Lipinski definition) is 5. The molecule has 1 rings (SSSR count). The minimum absolute atomic E-state index is 0.117. The minimum Gasteiger partial charge on any atom is -0.478 e. The third kappa shape index (κ3) is 4.48. The molecule has 0 radical (unpaired) electrons. The number of anilines is 1. The highest BCUT2D eigenvalue weighted by Crippen LogP contribution is 2.20. The van der Waals surface area contributed by atoms with Crippen LogP contribution in [0.3, 0.4) is 0 Å². The van der Waals surface area contributed by atoms with Gasteiger partial charge in [-0.05, 0) is 32.0 Å². The van der Waals surface area contributed by atoms with Crippen LogP contribution in [0.4, 0.5) is 5.69 Å². The number of ether oxygens (including phenoxy) is 1. The molecule has 0 aliphatic heterocycles. The van der Waals surface area contributed by atoms with Crippen LogP contribution in [0.5, 0.6) is 0 Å². The van der Waals surface area contributed by atoms with Crippen LogP contribution in [0.25, 0.3) is 0 Å². The molecule has 1 unspecified atom stereocenters. The Hall–Kier alpha value is -1.64. The number of rotatable bonds is 7. The van der Waals surface area contributed by atoms with Gasteiger partial charge in [0.15, 0.2) is 0 Å². The molecule has 1 aromatic carbocycles. The zero-order chi connectivity index (χ0) is 15.3. The highest BCUT2D eigenvalue weighted by Gasteiger charge is 2.17. The first-order valence-electron chi connectivity index (χ1n) is 6.00. The molecule has 0 aliphatic carbocycles. The zero-order valence-corrected chi connectivity index (χ0v) is 12.1. The number of carboxylic acids is 1.